The molecule has 0 radical (unpaired) electrons. The first kappa shape index (κ1) is 17.0. The van der Waals surface area contributed by atoms with E-state index in [9.17, 15) is 4.79 Å². The second-order valence-electron chi connectivity index (χ2n) is 5.44. The third kappa shape index (κ3) is 4.51. The molecular weight excluding hydrogens is 280 g/mol. The lowest BCUT2D eigenvalue weighted by Gasteiger charge is -2.33. The van der Waals surface area contributed by atoms with Gasteiger partial charge in [0.25, 0.3) is 5.91 Å². The Kier molecular flexibility index (Phi) is 6.52. The first-order valence-electron chi connectivity index (χ1n) is 6.69. The van der Waals surface area contributed by atoms with Gasteiger partial charge in [-0.15, -0.1) is 12.4 Å². The largest absolute Gasteiger partial charge is 0.453 e. The molecule has 0 aromatic carbocycles. The van der Waals surface area contributed by atoms with Crippen molar-refractivity contribution in [3.05, 3.63) is 23.7 Å². The predicted octanol–water partition coefficient (Wildman–Crippen LogP) is 1.97. The number of halogens is 1. The van der Waals surface area contributed by atoms with Crippen LogP contribution in [0.3, 0.4) is 0 Å². The summed E-state index contributed by atoms with van der Waals surface area (Å²) >= 11 is 0. The number of ether oxygens (including phenoxy) is 1. The van der Waals surface area contributed by atoms with Crippen molar-refractivity contribution in [2.24, 2.45) is 5.41 Å². The Morgan fingerprint density at radius 1 is 1.45 bits per heavy atom. The van der Waals surface area contributed by atoms with E-state index in [2.05, 4.69) is 17.6 Å². The Bertz CT molecular complexity index is 428. The summed E-state index contributed by atoms with van der Waals surface area (Å²) in [5.41, 5.74) is 0.183. The van der Waals surface area contributed by atoms with Crippen LogP contribution < -0.4 is 10.6 Å². The molecule has 1 amide bonds. The lowest BCUT2D eigenvalue weighted by molar-refractivity contribution is 0.0886. The summed E-state index contributed by atoms with van der Waals surface area (Å²) < 4.78 is 10.4. The van der Waals surface area contributed by atoms with E-state index >= 15 is 0 Å². The topological polar surface area (TPSA) is 63.5 Å². The highest BCUT2D eigenvalue weighted by molar-refractivity contribution is 5.91. The van der Waals surface area contributed by atoms with Gasteiger partial charge in [0.15, 0.2) is 5.76 Å². The molecule has 2 rings (SSSR count). The van der Waals surface area contributed by atoms with E-state index < -0.39 is 0 Å². The van der Waals surface area contributed by atoms with Crippen molar-refractivity contribution in [3.8, 4) is 0 Å². The molecule has 5 nitrogen and oxygen atoms in total. The molecule has 114 valence electrons. The normalized spacial score (nSPS) is 17.3. The highest BCUT2D eigenvalue weighted by atomic mass is 35.5. The van der Waals surface area contributed by atoms with Crippen LogP contribution in [-0.2, 0) is 11.3 Å². The second-order valence-corrected chi connectivity index (χ2v) is 5.44. The Labute approximate surface area is 125 Å². The molecule has 1 aromatic heterocycles. The zero-order chi connectivity index (χ0) is 13.7. The molecule has 0 unspecified atom stereocenters. The van der Waals surface area contributed by atoms with Gasteiger partial charge in [0, 0.05) is 13.7 Å². The smallest absolute Gasteiger partial charge is 0.287 e. The van der Waals surface area contributed by atoms with Gasteiger partial charge in [-0.05, 0) is 43.5 Å². The fourth-order valence-electron chi connectivity index (χ4n) is 2.31. The third-order valence-corrected chi connectivity index (χ3v) is 3.66. The number of rotatable bonds is 5. The van der Waals surface area contributed by atoms with Crippen molar-refractivity contribution in [1.29, 1.82) is 0 Å². The number of furan rings is 1. The van der Waals surface area contributed by atoms with Gasteiger partial charge in [0.1, 0.15) is 12.4 Å². The summed E-state index contributed by atoms with van der Waals surface area (Å²) in [6.45, 7) is 5.33. The SMILES string of the molecule is COCc1ccc(C(=O)NCC2(C)CCNCC2)o1.Cl. The van der Waals surface area contributed by atoms with Crippen LogP contribution in [0.4, 0.5) is 0 Å². The first-order valence-corrected chi connectivity index (χ1v) is 6.69. The number of amides is 1. The second kappa shape index (κ2) is 7.67. The van der Waals surface area contributed by atoms with Crippen LogP contribution in [0.1, 0.15) is 36.1 Å². The maximum absolute atomic E-state index is 12.0. The summed E-state index contributed by atoms with van der Waals surface area (Å²) in [7, 11) is 1.60. The van der Waals surface area contributed by atoms with Crippen molar-refractivity contribution >= 4 is 18.3 Å². The van der Waals surface area contributed by atoms with Gasteiger partial charge in [0.05, 0.1) is 0 Å². The molecule has 2 heterocycles. The fraction of sp³-hybridized carbons (Fsp3) is 0.643. The van der Waals surface area contributed by atoms with E-state index in [1.807, 2.05) is 0 Å². The third-order valence-electron chi connectivity index (χ3n) is 3.66. The summed E-state index contributed by atoms with van der Waals surface area (Å²) in [6, 6.07) is 3.46. The minimum atomic E-state index is -0.151. The van der Waals surface area contributed by atoms with Crippen molar-refractivity contribution in [1.82, 2.24) is 10.6 Å². The number of nitrogens with one attached hydrogen (secondary N) is 2. The maximum Gasteiger partial charge on any atom is 0.287 e. The van der Waals surface area contributed by atoms with E-state index in [1.165, 1.54) is 0 Å². The van der Waals surface area contributed by atoms with Crippen molar-refractivity contribution in [2.75, 3.05) is 26.7 Å². The van der Waals surface area contributed by atoms with Crippen LogP contribution in [0.25, 0.3) is 0 Å². The van der Waals surface area contributed by atoms with Crippen LogP contribution in [-0.4, -0.2) is 32.7 Å². The van der Waals surface area contributed by atoms with Gasteiger partial charge in [0.2, 0.25) is 0 Å². The van der Waals surface area contributed by atoms with Gasteiger partial charge < -0.3 is 19.8 Å². The standard InChI is InChI=1S/C14H22N2O3.ClH/c1-14(5-7-15-8-6-14)10-16-13(17)12-4-3-11(19-12)9-18-2;/h3-4,15H,5-10H2,1-2H3,(H,16,17);1H. The summed E-state index contributed by atoms with van der Waals surface area (Å²) in [6.07, 6.45) is 2.17. The van der Waals surface area contributed by atoms with Crippen molar-refractivity contribution in [2.45, 2.75) is 26.4 Å². The highest BCUT2D eigenvalue weighted by Gasteiger charge is 2.27. The molecule has 0 atom stereocenters. The summed E-state index contributed by atoms with van der Waals surface area (Å²) in [5, 5.41) is 6.29. The molecular formula is C14H23ClN2O3. The van der Waals surface area contributed by atoms with Gasteiger partial charge in [-0.25, -0.2) is 0 Å². The van der Waals surface area contributed by atoms with E-state index in [0.717, 1.165) is 25.9 Å². The monoisotopic (exact) mass is 302 g/mol. The maximum atomic E-state index is 12.0. The fourth-order valence-corrected chi connectivity index (χ4v) is 2.31. The molecule has 0 bridgehead atoms. The van der Waals surface area contributed by atoms with Crippen LogP contribution >= 0.6 is 12.4 Å². The van der Waals surface area contributed by atoms with Gasteiger partial charge in [-0.3, -0.25) is 4.79 Å². The molecule has 1 aliphatic rings. The van der Waals surface area contributed by atoms with Crippen LogP contribution in [0.15, 0.2) is 16.5 Å². The molecule has 0 saturated carbocycles. The zero-order valence-corrected chi connectivity index (χ0v) is 12.8. The Hall–Kier alpha value is -1.04. The molecule has 20 heavy (non-hydrogen) atoms. The quantitative estimate of drug-likeness (QED) is 0.873. The number of carbonyl (C=O) groups is 1. The van der Waals surface area contributed by atoms with Crippen LogP contribution in [0, 0.1) is 5.41 Å². The average molecular weight is 303 g/mol. The molecule has 1 saturated heterocycles. The van der Waals surface area contributed by atoms with Crippen molar-refractivity contribution in [3.63, 3.8) is 0 Å². The number of methoxy groups -OCH3 is 1. The van der Waals surface area contributed by atoms with Gasteiger partial charge >= 0.3 is 0 Å². The lowest BCUT2D eigenvalue weighted by atomic mass is 9.81. The molecule has 6 heteroatoms. The van der Waals surface area contributed by atoms with E-state index in [1.54, 1.807) is 19.2 Å². The average Bonchev–Trinajstić information content (AvgIpc) is 2.86. The number of hydrogen-bond donors (Lipinski definition) is 2. The molecule has 0 spiro atoms. The van der Waals surface area contributed by atoms with E-state index in [-0.39, 0.29) is 23.7 Å². The predicted molar refractivity (Wildman–Crippen MR) is 79.2 cm³/mol. The van der Waals surface area contributed by atoms with Gasteiger partial charge in [-0.1, -0.05) is 6.92 Å². The zero-order valence-electron chi connectivity index (χ0n) is 12.0. The number of carbonyl (C=O) groups excluding carboxylic acids is 1. The van der Waals surface area contributed by atoms with Crippen molar-refractivity contribution < 1.29 is 13.9 Å². The highest BCUT2D eigenvalue weighted by Crippen LogP contribution is 2.26. The Morgan fingerprint density at radius 3 is 2.80 bits per heavy atom. The first-order chi connectivity index (χ1) is 9.13. The molecule has 0 aliphatic carbocycles. The Balaban J connectivity index is 0.00000200. The van der Waals surface area contributed by atoms with E-state index in [0.29, 0.717) is 24.7 Å². The molecule has 1 aromatic rings. The molecule has 1 fully saturated rings. The van der Waals surface area contributed by atoms with Gasteiger partial charge in [-0.2, -0.15) is 0 Å². The van der Waals surface area contributed by atoms with Crippen LogP contribution in [0.2, 0.25) is 0 Å². The molecule has 2 N–H and O–H groups in total. The molecule has 1 aliphatic heterocycles. The number of piperidine rings is 1. The lowest BCUT2D eigenvalue weighted by Crippen LogP contribution is -2.42. The summed E-state index contributed by atoms with van der Waals surface area (Å²) in [4.78, 5) is 12.0. The van der Waals surface area contributed by atoms with Crippen LogP contribution in [0.5, 0.6) is 0 Å². The minimum Gasteiger partial charge on any atom is -0.453 e. The van der Waals surface area contributed by atoms with E-state index in [4.69, 9.17) is 9.15 Å². The summed E-state index contributed by atoms with van der Waals surface area (Å²) in [5.74, 6) is 0.868. The minimum absolute atomic E-state index is 0. The Morgan fingerprint density at radius 2 is 2.15 bits per heavy atom. The number of hydrogen-bond acceptors (Lipinski definition) is 4.